The van der Waals surface area contributed by atoms with E-state index in [4.69, 9.17) is 16.6 Å². The van der Waals surface area contributed by atoms with E-state index in [1.165, 1.54) is 7.11 Å². The lowest BCUT2D eigenvalue weighted by Gasteiger charge is -2.17. The second-order valence-corrected chi connectivity index (χ2v) is 5.01. The fourth-order valence-corrected chi connectivity index (χ4v) is 1.95. The average molecular weight is 307 g/mol. The van der Waals surface area contributed by atoms with Gasteiger partial charge in [-0.25, -0.2) is 9.59 Å². The predicted octanol–water partition coefficient (Wildman–Crippen LogP) is -0.488. The maximum atomic E-state index is 11.7. The molecular weight excluding hydrogens is 286 g/mol. The number of rotatable bonds is 9. The molecule has 1 unspecified atom stereocenters. The lowest BCUT2D eigenvalue weighted by Crippen LogP contribution is -2.49. The number of nitrogens with two attached hydrogens (primary N) is 2. The van der Waals surface area contributed by atoms with Crippen LogP contribution in [0.3, 0.4) is 0 Å². The van der Waals surface area contributed by atoms with Crippen molar-refractivity contribution in [2.75, 3.05) is 19.4 Å². The van der Waals surface area contributed by atoms with Gasteiger partial charge in [0.15, 0.2) is 0 Å². The number of aliphatic carboxylic acids is 1. The van der Waals surface area contributed by atoms with Crippen LogP contribution in [0.4, 0.5) is 4.79 Å². The zero-order valence-electron chi connectivity index (χ0n) is 11.3. The summed E-state index contributed by atoms with van der Waals surface area (Å²) in [6.07, 6.45) is 1.88. The van der Waals surface area contributed by atoms with Crippen molar-refractivity contribution in [2.45, 2.75) is 31.3 Å². The number of carboxylic acid groups (broad SMARTS) is 1. The first kappa shape index (κ1) is 18.7. The van der Waals surface area contributed by atoms with Gasteiger partial charge < -0.3 is 26.6 Å². The van der Waals surface area contributed by atoms with Crippen LogP contribution in [0.5, 0.6) is 0 Å². The minimum atomic E-state index is -1.23. The lowest BCUT2D eigenvalue weighted by atomic mass is 10.1. The Morgan fingerprint density at radius 2 is 2.00 bits per heavy atom. The Balaban J connectivity index is 4.25. The second-order valence-electron chi connectivity index (χ2n) is 4.06. The highest BCUT2D eigenvalue weighted by Crippen LogP contribution is 2.07. The van der Waals surface area contributed by atoms with Crippen molar-refractivity contribution in [3.63, 3.8) is 0 Å². The molecule has 0 rings (SSSR count). The number of carboxylic acids is 1. The third-order valence-electron chi connectivity index (χ3n) is 2.46. The number of carbonyl (C=O) groups is 3. The van der Waals surface area contributed by atoms with Crippen molar-refractivity contribution in [1.82, 2.24) is 5.32 Å². The average Bonchev–Trinajstić information content (AvgIpc) is 2.42. The fourth-order valence-electron chi connectivity index (χ4n) is 1.30. The first-order valence-corrected chi connectivity index (χ1v) is 7.10. The smallest absolute Gasteiger partial charge is 0.367 e. The Labute approximate surface area is 121 Å². The lowest BCUT2D eigenvalue weighted by molar-refractivity contribution is -0.141. The Morgan fingerprint density at radius 3 is 2.50 bits per heavy atom. The molecule has 2 atom stereocenters. The van der Waals surface area contributed by atoms with Crippen LogP contribution in [0.1, 0.15) is 19.3 Å². The highest BCUT2D eigenvalue weighted by molar-refractivity contribution is 8.13. The molecule has 20 heavy (non-hydrogen) atoms. The summed E-state index contributed by atoms with van der Waals surface area (Å²) < 4.78 is 4.38. The summed E-state index contributed by atoms with van der Waals surface area (Å²) in [7, 11) is 1.19. The summed E-state index contributed by atoms with van der Waals surface area (Å²) in [4.78, 5) is 33.6. The predicted molar refractivity (Wildman–Crippen MR) is 75.3 cm³/mol. The van der Waals surface area contributed by atoms with Gasteiger partial charge in [-0.05, 0) is 31.1 Å². The number of unbranched alkanes of at least 4 members (excludes halogenated alkanes) is 1. The normalized spacial score (nSPS) is 13.3. The molecule has 0 aliphatic rings. The van der Waals surface area contributed by atoms with Gasteiger partial charge in [0.05, 0.1) is 13.2 Å². The van der Waals surface area contributed by atoms with Gasteiger partial charge in [-0.1, -0.05) is 6.42 Å². The van der Waals surface area contributed by atoms with E-state index in [1.807, 2.05) is 0 Å². The number of amides is 1. The molecule has 0 spiro atoms. The van der Waals surface area contributed by atoms with Gasteiger partial charge in [-0.15, -0.1) is 0 Å². The summed E-state index contributed by atoms with van der Waals surface area (Å²) in [5, 5.41) is 10.7. The second kappa shape index (κ2) is 10.5. The molecule has 8 nitrogen and oxygen atoms in total. The fraction of sp³-hybridized carbons (Fsp3) is 0.727. The highest BCUT2D eigenvalue weighted by atomic mass is 32.2. The maximum absolute atomic E-state index is 11.7. The third kappa shape index (κ3) is 7.97. The standard InChI is InChI=1S/C11H21N3O5S/c1-19-11(18)20-6-8(10(16)17)14-9(15)7(13)4-2-3-5-12/h7-8H,2-6,12-13H2,1H3,(H,14,15)(H,16,17)/t7-,8?/m0/s1. The van der Waals surface area contributed by atoms with Gasteiger partial charge in [-0.2, -0.15) is 0 Å². The topological polar surface area (TPSA) is 145 Å². The van der Waals surface area contributed by atoms with Crippen molar-refractivity contribution in [3.05, 3.63) is 0 Å². The van der Waals surface area contributed by atoms with Crippen LogP contribution < -0.4 is 16.8 Å². The van der Waals surface area contributed by atoms with Crippen molar-refractivity contribution >= 4 is 28.9 Å². The molecule has 0 fully saturated rings. The molecule has 0 saturated heterocycles. The van der Waals surface area contributed by atoms with Crippen LogP contribution in [0.25, 0.3) is 0 Å². The van der Waals surface area contributed by atoms with E-state index < -0.39 is 29.3 Å². The van der Waals surface area contributed by atoms with Gasteiger partial charge in [0, 0.05) is 5.75 Å². The molecule has 0 aromatic rings. The zero-order chi connectivity index (χ0) is 15.5. The van der Waals surface area contributed by atoms with Crippen molar-refractivity contribution in [1.29, 1.82) is 0 Å². The highest BCUT2D eigenvalue weighted by Gasteiger charge is 2.24. The Morgan fingerprint density at radius 1 is 1.35 bits per heavy atom. The van der Waals surface area contributed by atoms with Crippen molar-refractivity contribution in [3.8, 4) is 0 Å². The van der Waals surface area contributed by atoms with E-state index in [0.717, 1.165) is 6.42 Å². The van der Waals surface area contributed by atoms with Crippen LogP contribution in [0.2, 0.25) is 0 Å². The van der Waals surface area contributed by atoms with Crippen molar-refractivity contribution in [2.24, 2.45) is 11.5 Å². The molecule has 0 aliphatic carbocycles. The number of thioether (sulfide) groups is 1. The number of methoxy groups -OCH3 is 1. The SMILES string of the molecule is COC(=O)SCC(NC(=O)[C@@H](N)CCCCN)C(=O)O. The van der Waals surface area contributed by atoms with E-state index in [2.05, 4.69) is 10.1 Å². The summed E-state index contributed by atoms with van der Waals surface area (Å²) in [6, 6.07) is -1.97. The first-order chi connectivity index (χ1) is 9.42. The van der Waals surface area contributed by atoms with E-state index in [1.54, 1.807) is 0 Å². The summed E-state index contributed by atoms with van der Waals surface area (Å²) >= 11 is 0.674. The zero-order valence-corrected chi connectivity index (χ0v) is 12.1. The Hall–Kier alpha value is -1.32. The summed E-state index contributed by atoms with van der Waals surface area (Å²) in [5.74, 6) is -1.91. The first-order valence-electron chi connectivity index (χ1n) is 6.12. The Bertz CT molecular complexity index is 340. The molecule has 0 saturated carbocycles. The monoisotopic (exact) mass is 307 g/mol. The van der Waals surface area contributed by atoms with Crippen LogP contribution in [-0.2, 0) is 14.3 Å². The number of hydrogen-bond donors (Lipinski definition) is 4. The van der Waals surface area contributed by atoms with E-state index >= 15 is 0 Å². The largest absolute Gasteiger partial charge is 0.480 e. The Kier molecular flexibility index (Phi) is 9.77. The molecule has 116 valence electrons. The van der Waals surface area contributed by atoms with Gasteiger partial charge in [-0.3, -0.25) is 4.79 Å². The minimum absolute atomic E-state index is 0.122. The molecule has 9 heteroatoms. The number of carbonyl (C=O) groups excluding carboxylic acids is 2. The maximum Gasteiger partial charge on any atom is 0.367 e. The quantitative estimate of drug-likeness (QED) is 0.330. The molecule has 0 heterocycles. The van der Waals surface area contributed by atoms with E-state index in [9.17, 15) is 14.4 Å². The van der Waals surface area contributed by atoms with Crippen LogP contribution in [0.15, 0.2) is 0 Å². The van der Waals surface area contributed by atoms with Crippen LogP contribution in [0, 0.1) is 0 Å². The van der Waals surface area contributed by atoms with Crippen LogP contribution >= 0.6 is 11.8 Å². The van der Waals surface area contributed by atoms with Crippen molar-refractivity contribution < 1.29 is 24.2 Å². The van der Waals surface area contributed by atoms with Gasteiger partial charge in [0.25, 0.3) is 0 Å². The van der Waals surface area contributed by atoms with Gasteiger partial charge >= 0.3 is 11.3 Å². The summed E-state index contributed by atoms with van der Waals surface area (Å²) in [6.45, 7) is 0.516. The van der Waals surface area contributed by atoms with E-state index in [-0.39, 0.29) is 5.75 Å². The molecule has 0 bridgehead atoms. The van der Waals surface area contributed by atoms with Crippen LogP contribution in [-0.4, -0.2) is 53.8 Å². The third-order valence-corrected chi connectivity index (χ3v) is 3.36. The number of hydrogen-bond acceptors (Lipinski definition) is 7. The molecule has 0 aromatic heterocycles. The number of nitrogens with one attached hydrogen (secondary N) is 1. The van der Waals surface area contributed by atoms with Gasteiger partial charge in [0.2, 0.25) is 5.91 Å². The number of ether oxygens (including phenoxy) is 1. The molecule has 0 radical (unpaired) electrons. The van der Waals surface area contributed by atoms with E-state index in [0.29, 0.717) is 31.1 Å². The molecule has 1 amide bonds. The molecule has 0 aromatic carbocycles. The molecule has 0 aliphatic heterocycles. The minimum Gasteiger partial charge on any atom is -0.480 e. The summed E-state index contributed by atoms with van der Waals surface area (Å²) in [5.41, 5.74) is 11.0. The molecular formula is C11H21N3O5S. The van der Waals surface area contributed by atoms with Gasteiger partial charge in [0.1, 0.15) is 6.04 Å². The molecule has 6 N–H and O–H groups in total.